The summed E-state index contributed by atoms with van der Waals surface area (Å²) >= 11 is 3.47. The zero-order chi connectivity index (χ0) is 10.8. The summed E-state index contributed by atoms with van der Waals surface area (Å²) < 4.78 is 1.08. The Labute approximate surface area is 98.1 Å². The van der Waals surface area contributed by atoms with Gasteiger partial charge in [0.15, 0.2) is 0 Å². The van der Waals surface area contributed by atoms with E-state index in [1.165, 1.54) is 11.1 Å². The lowest BCUT2D eigenvalue weighted by Crippen LogP contribution is -1.87. The molecule has 15 heavy (non-hydrogen) atoms. The summed E-state index contributed by atoms with van der Waals surface area (Å²) in [6.07, 6.45) is 0. The van der Waals surface area contributed by atoms with Crippen LogP contribution < -0.4 is 5.73 Å². The van der Waals surface area contributed by atoms with E-state index >= 15 is 0 Å². The Hall–Kier alpha value is -1.28. The maximum Gasteiger partial charge on any atom is 0.0322 e. The van der Waals surface area contributed by atoms with Crippen LogP contribution >= 0.6 is 15.9 Å². The predicted octanol–water partition coefficient (Wildman–Crippen LogP) is 4.01. The third kappa shape index (κ3) is 2.39. The molecule has 0 aliphatic rings. The summed E-state index contributed by atoms with van der Waals surface area (Å²) in [6.45, 7) is 2.05. The van der Waals surface area contributed by atoms with Crippen molar-refractivity contribution in [3.63, 3.8) is 0 Å². The molecular formula is C13H12BrN. The summed E-state index contributed by atoms with van der Waals surface area (Å²) in [5, 5.41) is 0. The highest BCUT2D eigenvalue weighted by atomic mass is 79.9. The number of nitrogens with two attached hydrogens (primary N) is 1. The lowest BCUT2D eigenvalue weighted by molar-refractivity contribution is 1.46. The smallest absolute Gasteiger partial charge is 0.0322 e. The van der Waals surface area contributed by atoms with E-state index < -0.39 is 0 Å². The molecule has 0 heterocycles. The molecule has 0 unspecified atom stereocenters. The lowest BCUT2D eigenvalue weighted by atomic mass is 10.0. The van der Waals surface area contributed by atoms with Gasteiger partial charge in [0.1, 0.15) is 0 Å². The lowest BCUT2D eigenvalue weighted by Gasteiger charge is -2.05. The van der Waals surface area contributed by atoms with Crippen LogP contribution in [0.25, 0.3) is 11.1 Å². The minimum atomic E-state index is 0.810. The number of hydrogen-bond acceptors (Lipinski definition) is 1. The molecule has 0 spiro atoms. The van der Waals surface area contributed by atoms with E-state index in [4.69, 9.17) is 5.73 Å². The van der Waals surface area contributed by atoms with Crippen molar-refractivity contribution in [3.05, 3.63) is 52.5 Å². The normalized spacial score (nSPS) is 10.3. The number of rotatable bonds is 1. The molecule has 0 amide bonds. The first-order chi connectivity index (χ1) is 7.15. The first kappa shape index (κ1) is 10.2. The van der Waals surface area contributed by atoms with Gasteiger partial charge >= 0.3 is 0 Å². The zero-order valence-electron chi connectivity index (χ0n) is 8.50. The average molecular weight is 262 g/mol. The Bertz CT molecular complexity index is 471. The van der Waals surface area contributed by atoms with Gasteiger partial charge in [0, 0.05) is 10.2 Å². The standard InChI is InChI=1S/C13H12BrN/c1-9-5-11(8-13(15)6-9)10-3-2-4-12(14)7-10/h2-8H,15H2,1H3. The van der Waals surface area contributed by atoms with Crippen molar-refractivity contribution in [2.24, 2.45) is 0 Å². The van der Waals surface area contributed by atoms with Crippen LogP contribution in [0, 0.1) is 6.92 Å². The van der Waals surface area contributed by atoms with Crippen molar-refractivity contribution < 1.29 is 0 Å². The van der Waals surface area contributed by atoms with E-state index in [9.17, 15) is 0 Å². The molecule has 0 aliphatic heterocycles. The van der Waals surface area contributed by atoms with E-state index in [1.807, 2.05) is 24.3 Å². The van der Waals surface area contributed by atoms with Crippen LogP contribution in [0.4, 0.5) is 5.69 Å². The molecule has 0 saturated heterocycles. The third-order valence-corrected chi connectivity index (χ3v) is 2.75. The van der Waals surface area contributed by atoms with Crippen molar-refractivity contribution in [1.29, 1.82) is 0 Å². The highest BCUT2D eigenvalue weighted by Crippen LogP contribution is 2.25. The van der Waals surface area contributed by atoms with Gasteiger partial charge in [0.2, 0.25) is 0 Å². The van der Waals surface area contributed by atoms with E-state index in [0.717, 1.165) is 15.7 Å². The molecule has 76 valence electrons. The number of benzene rings is 2. The van der Waals surface area contributed by atoms with E-state index in [0.29, 0.717) is 0 Å². The summed E-state index contributed by atoms with van der Waals surface area (Å²) in [5.74, 6) is 0. The monoisotopic (exact) mass is 261 g/mol. The summed E-state index contributed by atoms with van der Waals surface area (Å²) in [5.41, 5.74) is 10.2. The van der Waals surface area contributed by atoms with Gasteiger partial charge < -0.3 is 5.73 Å². The topological polar surface area (TPSA) is 26.0 Å². The Morgan fingerprint density at radius 2 is 1.80 bits per heavy atom. The zero-order valence-corrected chi connectivity index (χ0v) is 10.1. The summed E-state index contributed by atoms with van der Waals surface area (Å²) in [4.78, 5) is 0. The predicted molar refractivity (Wildman–Crippen MR) is 68.7 cm³/mol. The molecule has 2 aromatic rings. The van der Waals surface area contributed by atoms with Gasteiger partial charge in [-0.2, -0.15) is 0 Å². The highest BCUT2D eigenvalue weighted by Gasteiger charge is 2.00. The number of hydrogen-bond donors (Lipinski definition) is 1. The van der Waals surface area contributed by atoms with Crippen molar-refractivity contribution in [2.75, 3.05) is 5.73 Å². The van der Waals surface area contributed by atoms with Crippen LogP contribution in [0.1, 0.15) is 5.56 Å². The van der Waals surface area contributed by atoms with Crippen LogP contribution in [-0.4, -0.2) is 0 Å². The maximum atomic E-state index is 5.82. The second kappa shape index (κ2) is 4.07. The molecule has 2 rings (SSSR count). The van der Waals surface area contributed by atoms with Gasteiger partial charge in [-0.15, -0.1) is 0 Å². The van der Waals surface area contributed by atoms with E-state index in [2.05, 4.69) is 41.1 Å². The molecule has 2 aromatic carbocycles. The van der Waals surface area contributed by atoms with Crippen molar-refractivity contribution in [2.45, 2.75) is 6.92 Å². The Kier molecular flexibility index (Phi) is 2.78. The van der Waals surface area contributed by atoms with Crippen LogP contribution in [0.15, 0.2) is 46.9 Å². The SMILES string of the molecule is Cc1cc(N)cc(-c2cccc(Br)c2)c1. The Morgan fingerprint density at radius 1 is 1.00 bits per heavy atom. The number of aryl methyl sites for hydroxylation is 1. The first-order valence-electron chi connectivity index (χ1n) is 4.78. The minimum absolute atomic E-state index is 0.810. The quantitative estimate of drug-likeness (QED) is 0.772. The number of nitrogen functional groups attached to an aromatic ring is 1. The van der Waals surface area contributed by atoms with Gasteiger partial charge in [-0.05, 0) is 47.9 Å². The second-order valence-corrected chi connectivity index (χ2v) is 4.56. The van der Waals surface area contributed by atoms with Gasteiger partial charge in [0.25, 0.3) is 0 Å². The molecule has 1 nitrogen and oxygen atoms in total. The van der Waals surface area contributed by atoms with Crippen molar-refractivity contribution in [1.82, 2.24) is 0 Å². The first-order valence-corrected chi connectivity index (χ1v) is 5.57. The number of anilines is 1. The minimum Gasteiger partial charge on any atom is -0.399 e. The average Bonchev–Trinajstić information content (AvgIpc) is 2.16. The van der Waals surface area contributed by atoms with Gasteiger partial charge in [-0.1, -0.05) is 34.1 Å². The van der Waals surface area contributed by atoms with Crippen LogP contribution in [-0.2, 0) is 0 Å². The molecular weight excluding hydrogens is 250 g/mol. The van der Waals surface area contributed by atoms with Crippen LogP contribution in [0.5, 0.6) is 0 Å². The molecule has 0 fully saturated rings. The maximum absolute atomic E-state index is 5.82. The van der Waals surface area contributed by atoms with Crippen molar-refractivity contribution >= 4 is 21.6 Å². The fourth-order valence-electron chi connectivity index (χ4n) is 1.65. The summed E-state index contributed by atoms with van der Waals surface area (Å²) in [7, 11) is 0. The Morgan fingerprint density at radius 3 is 2.47 bits per heavy atom. The van der Waals surface area contributed by atoms with Gasteiger partial charge in [-0.3, -0.25) is 0 Å². The molecule has 0 aliphatic carbocycles. The van der Waals surface area contributed by atoms with Crippen LogP contribution in [0.2, 0.25) is 0 Å². The Balaban J connectivity index is 2.54. The molecule has 0 aromatic heterocycles. The molecule has 0 atom stereocenters. The molecule has 0 saturated carbocycles. The van der Waals surface area contributed by atoms with Gasteiger partial charge in [0.05, 0.1) is 0 Å². The van der Waals surface area contributed by atoms with Crippen LogP contribution in [0.3, 0.4) is 0 Å². The van der Waals surface area contributed by atoms with E-state index in [1.54, 1.807) is 0 Å². The highest BCUT2D eigenvalue weighted by molar-refractivity contribution is 9.10. The fourth-order valence-corrected chi connectivity index (χ4v) is 2.05. The molecule has 0 radical (unpaired) electrons. The summed E-state index contributed by atoms with van der Waals surface area (Å²) in [6, 6.07) is 14.3. The largest absolute Gasteiger partial charge is 0.399 e. The van der Waals surface area contributed by atoms with Crippen molar-refractivity contribution in [3.8, 4) is 11.1 Å². The molecule has 2 N–H and O–H groups in total. The second-order valence-electron chi connectivity index (χ2n) is 3.64. The van der Waals surface area contributed by atoms with E-state index in [-0.39, 0.29) is 0 Å². The van der Waals surface area contributed by atoms with Gasteiger partial charge in [-0.25, -0.2) is 0 Å². The molecule has 2 heteroatoms. The molecule has 0 bridgehead atoms. The third-order valence-electron chi connectivity index (χ3n) is 2.26. The number of halogens is 1. The fraction of sp³-hybridized carbons (Fsp3) is 0.0769.